The average molecular weight is 391 g/mol. The van der Waals surface area contributed by atoms with Gasteiger partial charge in [-0.15, -0.1) is 0 Å². The molecule has 1 saturated heterocycles. The highest BCUT2D eigenvalue weighted by Gasteiger charge is 2.42. The molecule has 1 aliphatic heterocycles. The molecule has 2 rings (SSSR count). The van der Waals surface area contributed by atoms with Gasteiger partial charge in [0.05, 0.1) is 11.7 Å². The van der Waals surface area contributed by atoms with E-state index in [1.54, 1.807) is 0 Å². The first kappa shape index (κ1) is 23.2. The van der Waals surface area contributed by atoms with Gasteiger partial charge in [-0.1, -0.05) is 19.1 Å². The lowest BCUT2D eigenvalue weighted by Gasteiger charge is -2.48. The SMILES string of the molecule is CCCN(Cc1ccc(OC(C)C)cc1)CC1(CN(C)C)CCOC(C)(C)C1. The molecule has 160 valence electrons. The summed E-state index contributed by atoms with van der Waals surface area (Å²) >= 11 is 0. The molecule has 4 nitrogen and oxygen atoms in total. The number of benzene rings is 1. The molecule has 0 bridgehead atoms. The van der Waals surface area contributed by atoms with Crippen molar-refractivity contribution in [2.45, 2.75) is 72.1 Å². The third-order valence-corrected chi connectivity index (χ3v) is 5.38. The Bertz CT molecular complexity index is 583. The topological polar surface area (TPSA) is 24.9 Å². The van der Waals surface area contributed by atoms with Gasteiger partial charge in [-0.2, -0.15) is 0 Å². The second kappa shape index (κ2) is 10.1. The van der Waals surface area contributed by atoms with Gasteiger partial charge in [0.1, 0.15) is 5.75 Å². The zero-order valence-corrected chi connectivity index (χ0v) is 19.3. The fourth-order valence-electron chi connectivity index (χ4n) is 4.79. The zero-order chi connectivity index (χ0) is 20.8. The van der Waals surface area contributed by atoms with E-state index in [9.17, 15) is 0 Å². The molecule has 0 N–H and O–H groups in total. The van der Waals surface area contributed by atoms with Crippen molar-refractivity contribution in [3.63, 3.8) is 0 Å². The van der Waals surface area contributed by atoms with Gasteiger partial charge < -0.3 is 14.4 Å². The molecule has 1 aliphatic rings. The summed E-state index contributed by atoms with van der Waals surface area (Å²) < 4.78 is 11.8. The third kappa shape index (κ3) is 7.38. The second-order valence-corrected chi connectivity index (χ2v) is 9.79. The van der Waals surface area contributed by atoms with Crippen LogP contribution in [-0.2, 0) is 11.3 Å². The van der Waals surface area contributed by atoms with E-state index in [4.69, 9.17) is 9.47 Å². The molecule has 4 heteroatoms. The van der Waals surface area contributed by atoms with Gasteiger partial charge in [0, 0.05) is 31.7 Å². The van der Waals surface area contributed by atoms with E-state index in [1.807, 2.05) is 0 Å². The molecule has 28 heavy (non-hydrogen) atoms. The molecule has 0 amide bonds. The van der Waals surface area contributed by atoms with Crippen LogP contribution in [0.3, 0.4) is 0 Å². The second-order valence-electron chi connectivity index (χ2n) is 9.79. The van der Waals surface area contributed by atoms with Crippen LogP contribution in [0.2, 0.25) is 0 Å². The van der Waals surface area contributed by atoms with Crippen LogP contribution in [0, 0.1) is 5.41 Å². The van der Waals surface area contributed by atoms with E-state index >= 15 is 0 Å². The highest BCUT2D eigenvalue weighted by molar-refractivity contribution is 5.27. The largest absolute Gasteiger partial charge is 0.491 e. The first-order valence-electron chi connectivity index (χ1n) is 10.9. The first-order valence-corrected chi connectivity index (χ1v) is 10.9. The molecule has 1 fully saturated rings. The van der Waals surface area contributed by atoms with Gasteiger partial charge in [-0.05, 0) is 85.3 Å². The minimum Gasteiger partial charge on any atom is -0.491 e. The van der Waals surface area contributed by atoms with Crippen LogP contribution >= 0.6 is 0 Å². The summed E-state index contributed by atoms with van der Waals surface area (Å²) in [7, 11) is 4.39. The molecule has 1 atom stereocenters. The molecule has 1 aromatic carbocycles. The molecule has 0 radical (unpaired) electrons. The number of ether oxygens (including phenoxy) is 2. The Morgan fingerprint density at radius 3 is 2.32 bits per heavy atom. The maximum Gasteiger partial charge on any atom is 0.119 e. The summed E-state index contributed by atoms with van der Waals surface area (Å²) in [6, 6.07) is 8.64. The minimum absolute atomic E-state index is 0.0397. The molecule has 1 heterocycles. The highest BCUT2D eigenvalue weighted by Crippen LogP contribution is 2.40. The van der Waals surface area contributed by atoms with Crippen molar-refractivity contribution in [3.05, 3.63) is 29.8 Å². The Balaban J connectivity index is 2.12. The van der Waals surface area contributed by atoms with E-state index in [2.05, 4.69) is 82.8 Å². The highest BCUT2D eigenvalue weighted by atomic mass is 16.5. The molecule has 0 aromatic heterocycles. The van der Waals surface area contributed by atoms with Gasteiger partial charge in [-0.3, -0.25) is 4.90 Å². The molecular formula is C24H42N2O2. The molecule has 0 spiro atoms. The first-order chi connectivity index (χ1) is 13.1. The van der Waals surface area contributed by atoms with Gasteiger partial charge in [-0.25, -0.2) is 0 Å². The normalized spacial score (nSPS) is 22.2. The lowest BCUT2D eigenvalue weighted by atomic mass is 9.73. The molecular weight excluding hydrogens is 348 g/mol. The van der Waals surface area contributed by atoms with E-state index in [0.29, 0.717) is 0 Å². The van der Waals surface area contributed by atoms with Crippen molar-refractivity contribution < 1.29 is 9.47 Å². The standard InChI is InChI=1S/C24H42N2O2/c1-8-14-26(16-21-9-11-22(12-10-21)28-20(2)3)19-24(18-25(6)7)13-15-27-23(4,5)17-24/h9-12,20H,8,13-19H2,1-7H3. The lowest BCUT2D eigenvalue weighted by molar-refractivity contribution is -0.117. The quantitative estimate of drug-likeness (QED) is 0.572. The van der Waals surface area contributed by atoms with E-state index in [1.165, 1.54) is 12.0 Å². The van der Waals surface area contributed by atoms with Crippen LogP contribution in [-0.4, -0.2) is 61.8 Å². The van der Waals surface area contributed by atoms with Gasteiger partial charge >= 0.3 is 0 Å². The van der Waals surface area contributed by atoms with Crippen molar-refractivity contribution in [2.75, 3.05) is 40.3 Å². The maximum atomic E-state index is 6.06. The molecule has 1 unspecified atom stereocenters. The number of rotatable bonds is 10. The summed E-state index contributed by atoms with van der Waals surface area (Å²) in [5.74, 6) is 0.955. The third-order valence-electron chi connectivity index (χ3n) is 5.38. The fourth-order valence-corrected chi connectivity index (χ4v) is 4.79. The number of nitrogens with zero attached hydrogens (tertiary/aromatic N) is 2. The summed E-state index contributed by atoms with van der Waals surface area (Å²) in [5.41, 5.74) is 1.60. The van der Waals surface area contributed by atoms with Crippen molar-refractivity contribution >= 4 is 0 Å². The summed E-state index contributed by atoms with van der Waals surface area (Å²) in [6.07, 6.45) is 3.63. The number of hydrogen-bond donors (Lipinski definition) is 0. The molecule has 0 saturated carbocycles. The fraction of sp³-hybridized carbons (Fsp3) is 0.750. The van der Waals surface area contributed by atoms with Crippen molar-refractivity contribution in [1.82, 2.24) is 9.80 Å². The van der Waals surface area contributed by atoms with Crippen molar-refractivity contribution in [1.29, 1.82) is 0 Å². The summed E-state index contributed by atoms with van der Waals surface area (Å²) in [4.78, 5) is 4.99. The van der Waals surface area contributed by atoms with Crippen LogP contribution in [0.5, 0.6) is 5.75 Å². The van der Waals surface area contributed by atoms with E-state index in [0.717, 1.165) is 51.4 Å². The Labute approximate surface area is 173 Å². The van der Waals surface area contributed by atoms with Crippen LogP contribution in [0.1, 0.15) is 59.4 Å². The minimum atomic E-state index is -0.0397. The Hall–Kier alpha value is -1.10. The smallest absolute Gasteiger partial charge is 0.119 e. The Morgan fingerprint density at radius 2 is 1.79 bits per heavy atom. The van der Waals surface area contributed by atoms with Crippen LogP contribution < -0.4 is 4.74 Å². The Morgan fingerprint density at radius 1 is 1.11 bits per heavy atom. The zero-order valence-electron chi connectivity index (χ0n) is 19.3. The van der Waals surface area contributed by atoms with E-state index in [-0.39, 0.29) is 17.1 Å². The summed E-state index contributed by atoms with van der Waals surface area (Å²) in [5, 5.41) is 0. The van der Waals surface area contributed by atoms with Gasteiger partial charge in [0.15, 0.2) is 0 Å². The van der Waals surface area contributed by atoms with Gasteiger partial charge in [0.2, 0.25) is 0 Å². The van der Waals surface area contributed by atoms with Crippen LogP contribution in [0.15, 0.2) is 24.3 Å². The van der Waals surface area contributed by atoms with E-state index < -0.39 is 0 Å². The van der Waals surface area contributed by atoms with Crippen LogP contribution in [0.25, 0.3) is 0 Å². The monoisotopic (exact) mass is 390 g/mol. The molecule has 0 aliphatic carbocycles. The van der Waals surface area contributed by atoms with Crippen LogP contribution in [0.4, 0.5) is 0 Å². The Kier molecular flexibility index (Phi) is 8.35. The predicted octanol–water partition coefficient (Wildman–Crippen LogP) is 4.82. The maximum absolute atomic E-state index is 6.06. The average Bonchev–Trinajstić information content (AvgIpc) is 2.54. The predicted molar refractivity (Wildman–Crippen MR) is 118 cm³/mol. The van der Waals surface area contributed by atoms with Gasteiger partial charge in [0.25, 0.3) is 0 Å². The van der Waals surface area contributed by atoms with Crippen molar-refractivity contribution in [2.24, 2.45) is 5.41 Å². The number of hydrogen-bond acceptors (Lipinski definition) is 4. The molecule has 1 aromatic rings. The van der Waals surface area contributed by atoms with Crippen molar-refractivity contribution in [3.8, 4) is 5.75 Å². The summed E-state index contributed by atoms with van der Waals surface area (Å²) in [6.45, 7) is 16.1. The lowest BCUT2D eigenvalue weighted by Crippen LogP contribution is -2.51.